The Hall–Kier alpha value is -1.36. The molecule has 1 N–H and O–H groups in total. The third-order valence-electron chi connectivity index (χ3n) is 4.09. The van der Waals surface area contributed by atoms with E-state index in [-0.39, 0.29) is 5.91 Å². The van der Waals surface area contributed by atoms with Gasteiger partial charge in [-0.15, -0.1) is 11.3 Å². The molecule has 1 saturated heterocycles. The van der Waals surface area contributed by atoms with Gasteiger partial charge >= 0.3 is 5.97 Å². The minimum atomic E-state index is -0.868. The largest absolute Gasteiger partial charge is 0.480 e. The van der Waals surface area contributed by atoms with Gasteiger partial charge in [0.25, 0.3) is 0 Å². The quantitative estimate of drug-likeness (QED) is 0.909. The second-order valence-corrected chi connectivity index (χ2v) is 7.19. The maximum atomic E-state index is 12.3. The predicted octanol–water partition coefficient (Wildman–Crippen LogP) is 3.15. The molecule has 0 unspecified atom stereocenters. The molecule has 116 valence electrons. The van der Waals surface area contributed by atoms with Crippen LogP contribution in [0, 0.1) is 13.8 Å². The van der Waals surface area contributed by atoms with E-state index < -0.39 is 12.0 Å². The van der Waals surface area contributed by atoms with E-state index >= 15 is 0 Å². The number of nitrogens with zero attached hydrogens (tertiary/aromatic N) is 1. The minimum Gasteiger partial charge on any atom is -0.480 e. The summed E-state index contributed by atoms with van der Waals surface area (Å²) in [7, 11) is 0. The number of carboxylic acid groups (broad SMARTS) is 1. The standard InChI is InChI=1S/C16H23NO3S/c1-11-10-13(12(2)21-11)6-5-8-15(18)17-9-4-3-7-14(17)16(19)20/h10,14H,3-9H2,1-2H3,(H,19,20)/t14-/m1/s1. The zero-order valence-corrected chi connectivity index (χ0v) is 13.5. The maximum Gasteiger partial charge on any atom is 0.326 e. The molecule has 1 amide bonds. The average Bonchev–Trinajstić information content (AvgIpc) is 2.77. The zero-order chi connectivity index (χ0) is 15.4. The number of carboxylic acids is 1. The Kier molecular flexibility index (Phi) is 5.39. The first kappa shape index (κ1) is 16.0. The molecule has 5 heteroatoms. The van der Waals surface area contributed by atoms with Gasteiger partial charge in [0, 0.05) is 22.7 Å². The number of carbonyl (C=O) groups is 2. The molecular weight excluding hydrogens is 286 g/mol. The first-order valence-electron chi connectivity index (χ1n) is 7.57. The second kappa shape index (κ2) is 7.07. The third kappa shape index (κ3) is 4.06. The molecule has 0 spiro atoms. The van der Waals surface area contributed by atoms with Crippen molar-refractivity contribution in [3.8, 4) is 0 Å². The number of hydrogen-bond donors (Lipinski definition) is 1. The molecule has 1 aromatic rings. The lowest BCUT2D eigenvalue weighted by Crippen LogP contribution is -2.47. The molecule has 0 aromatic carbocycles. The van der Waals surface area contributed by atoms with Gasteiger partial charge in [-0.25, -0.2) is 4.79 Å². The van der Waals surface area contributed by atoms with E-state index in [1.165, 1.54) is 15.3 Å². The predicted molar refractivity (Wildman–Crippen MR) is 83.7 cm³/mol. The third-order valence-corrected chi connectivity index (χ3v) is 5.10. The van der Waals surface area contributed by atoms with E-state index in [2.05, 4.69) is 19.9 Å². The van der Waals surface area contributed by atoms with Crippen molar-refractivity contribution in [1.82, 2.24) is 4.90 Å². The van der Waals surface area contributed by atoms with Crippen LogP contribution >= 0.6 is 11.3 Å². The monoisotopic (exact) mass is 309 g/mol. The SMILES string of the molecule is Cc1cc(CCCC(=O)N2CCCC[C@@H]2C(=O)O)c(C)s1. The summed E-state index contributed by atoms with van der Waals surface area (Å²) in [5.74, 6) is -0.876. The van der Waals surface area contributed by atoms with Gasteiger partial charge < -0.3 is 10.0 Å². The van der Waals surface area contributed by atoms with Crippen molar-refractivity contribution in [2.24, 2.45) is 0 Å². The van der Waals surface area contributed by atoms with Crippen LogP contribution < -0.4 is 0 Å². The lowest BCUT2D eigenvalue weighted by Gasteiger charge is -2.33. The normalized spacial score (nSPS) is 18.8. The highest BCUT2D eigenvalue weighted by molar-refractivity contribution is 7.12. The summed E-state index contributed by atoms with van der Waals surface area (Å²) in [6.45, 7) is 4.80. The summed E-state index contributed by atoms with van der Waals surface area (Å²) >= 11 is 1.79. The van der Waals surface area contributed by atoms with Crippen LogP contribution in [0.3, 0.4) is 0 Å². The van der Waals surface area contributed by atoms with Crippen molar-refractivity contribution in [3.63, 3.8) is 0 Å². The van der Waals surface area contributed by atoms with Crippen LogP contribution in [0.2, 0.25) is 0 Å². The van der Waals surface area contributed by atoms with Crippen molar-refractivity contribution >= 4 is 23.2 Å². The Morgan fingerprint density at radius 3 is 2.76 bits per heavy atom. The first-order chi connectivity index (χ1) is 9.99. The molecule has 0 saturated carbocycles. The molecule has 1 aromatic heterocycles. The first-order valence-corrected chi connectivity index (χ1v) is 8.39. The van der Waals surface area contributed by atoms with E-state index in [4.69, 9.17) is 0 Å². The van der Waals surface area contributed by atoms with Crippen molar-refractivity contribution < 1.29 is 14.7 Å². The number of hydrogen-bond acceptors (Lipinski definition) is 3. The van der Waals surface area contributed by atoms with Crippen molar-refractivity contribution in [2.45, 2.75) is 58.4 Å². The molecule has 1 fully saturated rings. The number of piperidine rings is 1. The summed E-state index contributed by atoms with van der Waals surface area (Å²) in [5, 5.41) is 9.21. The fraction of sp³-hybridized carbons (Fsp3) is 0.625. The summed E-state index contributed by atoms with van der Waals surface area (Å²) in [6.07, 6.45) is 4.53. The van der Waals surface area contributed by atoms with Gasteiger partial charge in [0.1, 0.15) is 6.04 Å². The Balaban J connectivity index is 1.86. The van der Waals surface area contributed by atoms with E-state index in [0.29, 0.717) is 19.4 Å². The van der Waals surface area contributed by atoms with E-state index in [9.17, 15) is 14.7 Å². The molecule has 21 heavy (non-hydrogen) atoms. The highest BCUT2D eigenvalue weighted by atomic mass is 32.1. The van der Waals surface area contributed by atoms with Crippen LogP contribution in [0.15, 0.2) is 6.07 Å². The summed E-state index contributed by atoms with van der Waals surface area (Å²) < 4.78 is 0. The van der Waals surface area contributed by atoms with Crippen LogP contribution in [-0.4, -0.2) is 34.5 Å². The zero-order valence-electron chi connectivity index (χ0n) is 12.7. The van der Waals surface area contributed by atoms with Gasteiger partial charge in [-0.3, -0.25) is 4.79 Å². The minimum absolute atomic E-state index is 0.00768. The van der Waals surface area contributed by atoms with Crippen LogP contribution in [-0.2, 0) is 16.0 Å². The van der Waals surface area contributed by atoms with E-state index in [1.807, 2.05) is 0 Å². The Labute approximate surface area is 129 Å². The number of thiophene rings is 1. The molecule has 0 aliphatic carbocycles. The van der Waals surface area contributed by atoms with Gasteiger partial charge in [0.05, 0.1) is 0 Å². The number of aliphatic carboxylic acids is 1. The van der Waals surface area contributed by atoms with E-state index in [0.717, 1.165) is 25.7 Å². The van der Waals surface area contributed by atoms with Crippen LogP contribution in [0.5, 0.6) is 0 Å². The summed E-state index contributed by atoms with van der Waals surface area (Å²) in [6, 6.07) is 1.57. The second-order valence-electron chi connectivity index (χ2n) is 5.73. The van der Waals surface area contributed by atoms with Crippen molar-refractivity contribution in [3.05, 3.63) is 21.4 Å². The topological polar surface area (TPSA) is 57.6 Å². The smallest absolute Gasteiger partial charge is 0.326 e. The van der Waals surface area contributed by atoms with Gasteiger partial charge in [-0.05, 0) is 57.6 Å². The Morgan fingerprint density at radius 1 is 1.38 bits per heavy atom. The highest BCUT2D eigenvalue weighted by Crippen LogP contribution is 2.23. The maximum absolute atomic E-state index is 12.3. The van der Waals surface area contributed by atoms with Gasteiger partial charge in [-0.2, -0.15) is 0 Å². The lowest BCUT2D eigenvalue weighted by atomic mass is 10.0. The molecular formula is C16H23NO3S. The van der Waals surface area contributed by atoms with Gasteiger partial charge in [0.15, 0.2) is 0 Å². The number of aryl methyl sites for hydroxylation is 3. The molecule has 1 aliphatic rings. The Morgan fingerprint density at radius 2 is 2.14 bits per heavy atom. The number of amides is 1. The molecule has 0 bridgehead atoms. The van der Waals surface area contributed by atoms with Crippen molar-refractivity contribution in [1.29, 1.82) is 0 Å². The summed E-state index contributed by atoms with van der Waals surface area (Å²) in [5.41, 5.74) is 1.32. The Bertz CT molecular complexity index is 524. The number of carbonyl (C=O) groups excluding carboxylic acids is 1. The molecule has 4 nitrogen and oxygen atoms in total. The van der Waals surface area contributed by atoms with Gasteiger partial charge in [0.2, 0.25) is 5.91 Å². The van der Waals surface area contributed by atoms with Crippen LogP contribution in [0.4, 0.5) is 0 Å². The molecule has 2 rings (SSSR count). The fourth-order valence-electron chi connectivity index (χ4n) is 2.99. The van der Waals surface area contributed by atoms with Crippen LogP contribution in [0.25, 0.3) is 0 Å². The molecule has 0 radical (unpaired) electrons. The number of likely N-dealkylation sites (tertiary alicyclic amines) is 1. The average molecular weight is 309 g/mol. The summed E-state index contributed by atoms with van der Waals surface area (Å²) in [4.78, 5) is 27.7. The molecule has 2 heterocycles. The van der Waals surface area contributed by atoms with Gasteiger partial charge in [-0.1, -0.05) is 0 Å². The molecule has 1 aliphatic heterocycles. The fourth-order valence-corrected chi connectivity index (χ4v) is 3.97. The van der Waals surface area contributed by atoms with E-state index in [1.54, 1.807) is 16.2 Å². The van der Waals surface area contributed by atoms with Crippen LogP contribution in [0.1, 0.15) is 47.4 Å². The molecule has 1 atom stereocenters. The lowest BCUT2D eigenvalue weighted by molar-refractivity contribution is -0.152. The number of rotatable bonds is 5. The highest BCUT2D eigenvalue weighted by Gasteiger charge is 2.31. The van der Waals surface area contributed by atoms with Crippen molar-refractivity contribution in [2.75, 3.05) is 6.54 Å².